The minimum absolute atomic E-state index is 0.133. The molecule has 0 aliphatic heterocycles. The van der Waals surface area contributed by atoms with E-state index in [4.69, 9.17) is 0 Å². The fourth-order valence-corrected chi connectivity index (χ4v) is 3.73. The Hall–Kier alpha value is -3.04. The fourth-order valence-electron chi connectivity index (χ4n) is 2.82. The van der Waals surface area contributed by atoms with Crippen LogP contribution in [-0.4, -0.2) is 42.1 Å². The number of sulfonamides is 1. The van der Waals surface area contributed by atoms with Gasteiger partial charge >= 0.3 is 0 Å². The summed E-state index contributed by atoms with van der Waals surface area (Å²) in [5, 5.41) is 4.89. The third-order valence-electron chi connectivity index (χ3n) is 4.55. The zero-order chi connectivity index (χ0) is 21.2. The van der Waals surface area contributed by atoms with Crippen LogP contribution in [0, 0.1) is 0 Å². The van der Waals surface area contributed by atoms with E-state index < -0.39 is 10.0 Å². The molecule has 29 heavy (non-hydrogen) atoms. The highest BCUT2D eigenvalue weighted by Crippen LogP contribution is 2.15. The molecule has 0 aliphatic rings. The van der Waals surface area contributed by atoms with Crippen molar-refractivity contribution in [2.24, 2.45) is 5.10 Å². The lowest BCUT2D eigenvalue weighted by Gasteiger charge is -2.12. The van der Waals surface area contributed by atoms with Crippen molar-refractivity contribution < 1.29 is 8.42 Å². The molecule has 1 heterocycles. The monoisotopic (exact) mass is 413 g/mol. The van der Waals surface area contributed by atoms with Gasteiger partial charge in [0, 0.05) is 20.6 Å². The van der Waals surface area contributed by atoms with Crippen molar-refractivity contribution in [3.05, 3.63) is 64.4 Å². The molecule has 0 unspecified atom stereocenters. The van der Waals surface area contributed by atoms with Crippen LogP contribution in [0.25, 0.3) is 10.9 Å². The Bertz CT molecular complexity index is 1230. The molecular formula is C20H23N5O3S. The number of fused-ring (bicyclic) bond motifs is 1. The molecule has 1 aromatic heterocycles. The highest BCUT2D eigenvalue weighted by atomic mass is 32.2. The minimum Gasteiger partial charge on any atom is -0.277 e. The Labute approximate surface area is 169 Å². The van der Waals surface area contributed by atoms with Crippen LogP contribution in [0.3, 0.4) is 0 Å². The van der Waals surface area contributed by atoms with Gasteiger partial charge in [-0.05, 0) is 43.7 Å². The summed E-state index contributed by atoms with van der Waals surface area (Å²) in [5.41, 5.74) is 4.71. The standard InChI is InChI=1S/C20H23N5O3S/c1-5-25-19(26)17-8-6-7-9-18(17)21-20(25)23-22-14(2)15-10-12-16(13-11-15)29(27,28)24(3)4/h6-13H,5H2,1-4H3,(H,21,23)/b22-14-. The van der Waals surface area contributed by atoms with Gasteiger partial charge in [0.25, 0.3) is 5.56 Å². The maximum atomic E-state index is 12.7. The Morgan fingerprint density at radius 1 is 1.14 bits per heavy atom. The van der Waals surface area contributed by atoms with Gasteiger partial charge in [0.2, 0.25) is 16.0 Å². The molecule has 3 aromatic rings. The lowest BCUT2D eigenvalue weighted by atomic mass is 10.1. The van der Waals surface area contributed by atoms with E-state index in [1.54, 1.807) is 49.4 Å². The average molecular weight is 414 g/mol. The van der Waals surface area contributed by atoms with Crippen molar-refractivity contribution in [2.45, 2.75) is 25.3 Å². The summed E-state index contributed by atoms with van der Waals surface area (Å²) >= 11 is 0. The molecule has 9 heteroatoms. The number of rotatable bonds is 6. The molecule has 0 fully saturated rings. The van der Waals surface area contributed by atoms with Gasteiger partial charge in [-0.3, -0.25) is 9.36 Å². The van der Waals surface area contributed by atoms with E-state index >= 15 is 0 Å². The highest BCUT2D eigenvalue weighted by molar-refractivity contribution is 7.89. The first kappa shape index (κ1) is 20.7. The van der Waals surface area contributed by atoms with Crippen molar-refractivity contribution in [3.8, 4) is 0 Å². The summed E-state index contributed by atoms with van der Waals surface area (Å²) in [6.07, 6.45) is 0. The van der Waals surface area contributed by atoms with Gasteiger partial charge in [-0.1, -0.05) is 24.3 Å². The van der Waals surface area contributed by atoms with Crippen LogP contribution in [-0.2, 0) is 16.6 Å². The molecule has 1 N–H and O–H groups in total. The summed E-state index contributed by atoms with van der Waals surface area (Å²) in [4.78, 5) is 17.4. The van der Waals surface area contributed by atoms with Crippen LogP contribution < -0.4 is 11.0 Å². The Balaban J connectivity index is 1.91. The SMILES string of the molecule is CCn1c(N/N=C(/C)c2ccc(S(=O)(=O)N(C)C)cc2)nc2ccccc2c1=O. The second-order valence-corrected chi connectivity index (χ2v) is 8.77. The topological polar surface area (TPSA) is 96.7 Å². The van der Waals surface area contributed by atoms with E-state index in [0.717, 1.165) is 5.56 Å². The Morgan fingerprint density at radius 3 is 2.41 bits per heavy atom. The van der Waals surface area contributed by atoms with Crippen LogP contribution in [0.2, 0.25) is 0 Å². The van der Waals surface area contributed by atoms with Crippen molar-refractivity contribution in [3.63, 3.8) is 0 Å². The molecule has 2 aromatic carbocycles. The number of nitrogens with zero attached hydrogens (tertiary/aromatic N) is 4. The van der Waals surface area contributed by atoms with E-state index in [1.165, 1.54) is 23.0 Å². The third-order valence-corrected chi connectivity index (χ3v) is 6.38. The number of anilines is 1. The van der Waals surface area contributed by atoms with Gasteiger partial charge in [-0.15, -0.1) is 0 Å². The zero-order valence-electron chi connectivity index (χ0n) is 16.7. The van der Waals surface area contributed by atoms with E-state index in [9.17, 15) is 13.2 Å². The maximum Gasteiger partial charge on any atom is 0.262 e. The van der Waals surface area contributed by atoms with E-state index in [-0.39, 0.29) is 10.5 Å². The molecule has 0 saturated carbocycles. The molecule has 3 rings (SSSR count). The first-order valence-electron chi connectivity index (χ1n) is 9.08. The van der Waals surface area contributed by atoms with Crippen LogP contribution in [0.15, 0.2) is 63.3 Å². The molecule has 0 saturated heterocycles. The van der Waals surface area contributed by atoms with Gasteiger partial charge in [-0.2, -0.15) is 5.10 Å². The van der Waals surface area contributed by atoms with Gasteiger partial charge in [0.15, 0.2) is 0 Å². The summed E-state index contributed by atoms with van der Waals surface area (Å²) < 4.78 is 27.0. The maximum absolute atomic E-state index is 12.7. The Morgan fingerprint density at radius 2 is 1.79 bits per heavy atom. The van der Waals surface area contributed by atoms with Crippen molar-refractivity contribution in [1.82, 2.24) is 13.9 Å². The zero-order valence-corrected chi connectivity index (χ0v) is 17.6. The van der Waals surface area contributed by atoms with Crippen molar-refractivity contribution >= 4 is 32.6 Å². The smallest absolute Gasteiger partial charge is 0.262 e. The van der Waals surface area contributed by atoms with Crippen LogP contribution in [0.5, 0.6) is 0 Å². The van der Waals surface area contributed by atoms with Crippen LogP contribution in [0.1, 0.15) is 19.4 Å². The summed E-state index contributed by atoms with van der Waals surface area (Å²) in [6.45, 7) is 4.10. The molecule has 0 bridgehead atoms. The number of hydrogen-bond donors (Lipinski definition) is 1. The third kappa shape index (κ3) is 4.06. The van der Waals surface area contributed by atoms with E-state index in [1.807, 2.05) is 13.0 Å². The predicted molar refractivity (Wildman–Crippen MR) is 115 cm³/mol. The lowest BCUT2D eigenvalue weighted by molar-refractivity contribution is 0.521. The number of para-hydroxylation sites is 1. The second-order valence-electron chi connectivity index (χ2n) is 6.62. The Kier molecular flexibility index (Phi) is 5.81. The van der Waals surface area contributed by atoms with Gasteiger partial charge < -0.3 is 0 Å². The summed E-state index contributed by atoms with van der Waals surface area (Å²) in [5.74, 6) is 0.349. The number of aromatic nitrogens is 2. The molecule has 152 valence electrons. The summed E-state index contributed by atoms with van der Waals surface area (Å²) in [6, 6.07) is 13.6. The first-order valence-corrected chi connectivity index (χ1v) is 10.5. The quantitative estimate of drug-likeness (QED) is 0.495. The average Bonchev–Trinajstić information content (AvgIpc) is 2.72. The van der Waals surface area contributed by atoms with E-state index in [0.29, 0.717) is 29.1 Å². The first-order chi connectivity index (χ1) is 13.8. The van der Waals surface area contributed by atoms with Gasteiger partial charge in [-0.25, -0.2) is 23.1 Å². The van der Waals surface area contributed by atoms with Crippen LogP contribution in [0.4, 0.5) is 5.95 Å². The highest BCUT2D eigenvalue weighted by Gasteiger charge is 2.16. The minimum atomic E-state index is -3.48. The molecule has 0 aliphatic carbocycles. The van der Waals surface area contributed by atoms with Gasteiger partial charge in [0.05, 0.1) is 21.5 Å². The second kappa shape index (κ2) is 8.14. The summed E-state index contributed by atoms with van der Waals surface area (Å²) in [7, 11) is -0.500. The lowest BCUT2D eigenvalue weighted by Crippen LogP contribution is -2.23. The molecule has 0 amide bonds. The predicted octanol–water partition coefficient (Wildman–Crippen LogP) is 2.50. The molecular weight excluding hydrogens is 390 g/mol. The fraction of sp³-hybridized carbons (Fsp3) is 0.250. The van der Waals surface area contributed by atoms with Crippen molar-refractivity contribution in [1.29, 1.82) is 0 Å². The number of hydrazone groups is 1. The molecule has 8 nitrogen and oxygen atoms in total. The normalized spacial score (nSPS) is 12.5. The molecule has 0 radical (unpaired) electrons. The molecule has 0 spiro atoms. The van der Waals surface area contributed by atoms with Gasteiger partial charge in [0.1, 0.15) is 0 Å². The number of benzene rings is 2. The molecule has 0 atom stereocenters. The van der Waals surface area contributed by atoms with Crippen molar-refractivity contribution in [2.75, 3.05) is 19.5 Å². The largest absolute Gasteiger partial charge is 0.277 e. The van der Waals surface area contributed by atoms with Crippen LogP contribution >= 0.6 is 0 Å². The number of hydrogen-bond acceptors (Lipinski definition) is 6. The number of nitrogens with one attached hydrogen (secondary N) is 1. The van der Waals surface area contributed by atoms with E-state index in [2.05, 4.69) is 15.5 Å².